The minimum absolute atomic E-state index is 0.412. The summed E-state index contributed by atoms with van der Waals surface area (Å²) in [6, 6.07) is 14.8. The summed E-state index contributed by atoms with van der Waals surface area (Å²) in [5.74, 6) is 1.66. The monoisotopic (exact) mass is 314 g/mol. The fourth-order valence-electron chi connectivity index (χ4n) is 1.98. The Hall–Kier alpha value is -2.46. The molecule has 0 saturated heterocycles. The Balaban J connectivity index is 2.00. The summed E-state index contributed by atoms with van der Waals surface area (Å²) >= 11 is 5.99. The Labute approximate surface area is 133 Å². The highest BCUT2D eigenvalue weighted by atomic mass is 35.5. The van der Waals surface area contributed by atoms with Crippen molar-refractivity contribution in [2.75, 3.05) is 14.1 Å². The van der Waals surface area contributed by atoms with Crippen molar-refractivity contribution in [3.05, 3.63) is 65.6 Å². The van der Waals surface area contributed by atoms with Crippen molar-refractivity contribution in [1.82, 2.24) is 9.88 Å². The van der Waals surface area contributed by atoms with Crippen molar-refractivity contribution < 1.29 is 9.15 Å². The van der Waals surface area contributed by atoms with Crippen molar-refractivity contribution in [2.45, 2.75) is 0 Å². The number of fused-ring (bicyclic) bond motifs is 1. The maximum Gasteiger partial charge on any atom is 0.265 e. The highest BCUT2D eigenvalue weighted by molar-refractivity contribution is 6.31. The fourth-order valence-corrected chi connectivity index (χ4v) is 2.15. The quantitative estimate of drug-likeness (QED) is 0.668. The second-order valence-corrected chi connectivity index (χ2v) is 5.44. The van der Waals surface area contributed by atoms with E-state index in [1.807, 2.05) is 55.5 Å². The number of halogens is 1. The van der Waals surface area contributed by atoms with Crippen LogP contribution in [0.5, 0.6) is 5.75 Å². The van der Waals surface area contributed by atoms with Gasteiger partial charge in [-0.1, -0.05) is 29.8 Å². The zero-order valence-corrected chi connectivity index (χ0v) is 13.0. The molecule has 0 aliphatic heterocycles. The topological polar surface area (TPSA) is 38.5 Å². The molecule has 4 nitrogen and oxygen atoms in total. The van der Waals surface area contributed by atoms with Gasteiger partial charge in [-0.2, -0.15) is 0 Å². The first-order chi connectivity index (χ1) is 10.6. The number of hydrogen-bond acceptors (Lipinski definition) is 4. The van der Waals surface area contributed by atoms with Gasteiger partial charge in [0.05, 0.1) is 0 Å². The summed E-state index contributed by atoms with van der Waals surface area (Å²) in [7, 11) is 3.82. The zero-order valence-electron chi connectivity index (χ0n) is 12.3. The van der Waals surface area contributed by atoms with Crippen LogP contribution in [0, 0.1) is 0 Å². The first-order valence-corrected chi connectivity index (χ1v) is 7.17. The Morgan fingerprint density at radius 1 is 1.18 bits per heavy atom. The van der Waals surface area contributed by atoms with Crippen molar-refractivity contribution in [3.8, 4) is 5.75 Å². The Morgan fingerprint density at radius 3 is 2.68 bits per heavy atom. The van der Waals surface area contributed by atoms with Crippen molar-refractivity contribution in [1.29, 1.82) is 0 Å². The summed E-state index contributed by atoms with van der Waals surface area (Å²) < 4.78 is 11.7. The Kier molecular flexibility index (Phi) is 4.02. The number of para-hydroxylation sites is 1. The van der Waals surface area contributed by atoms with Crippen LogP contribution in [0.3, 0.4) is 0 Å². The lowest BCUT2D eigenvalue weighted by molar-refractivity contribution is 0.450. The smallest absolute Gasteiger partial charge is 0.265 e. The minimum atomic E-state index is 0.412. The SMILES string of the molecule is CN(C)/C=C(\Oc1ccccc1)c1nc2cc(Cl)ccc2o1. The molecule has 112 valence electrons. The van der Waals surface area contributed by atoms with Gasteiger partial charge in [0.15, 0.2) is 5.58 Å². The van der Waals surface area contributed by atoms with Crippen LogP contribution in [0.2, 0.25) is 5.02 Å². The number of benzene rings is 2. The van der Waals surface area contributed by atoms with Crippen LogP contribution in [-0.4, -0.2) is 24.0 Å². The van der Waals surface area contributed by atoms with Crippen LogP contribution in [0.15, 0.2) is 59.1 Å². The molecule has 5 heteroatoms. The van der Waals surface area contributed by atoms with Crippen molar-refractivity contribution >= 4 is 28.5 Å². The molecule has 0 N–H and O–H groups in total. The molecular formula is C17H15ClN2O2. The van der Waals surface area contributed by atoms with Gasteiger partial charge in [-0.15, -0.1) is 0 Å². The third-order valence-corrected chi connectivity index (χ3v) is 3.14. The van der Waals surface area contributed by atoms with E-state index in [4.69, 9.17) is 20.8 Å². The van der Waals surface area contributed by atoms with E-state index >= 15 is 0 Å². The third-order valence-electron chi connectivity index (χ3n) is 2.91. The van der Waals surface area contributed by atoms with Gasteiger partial charge in [0, 0.05) is 25.3 Å². The lowest BCUT2D eigenvalue weighted by atomic mass is 10.3. The van der Waals surface area contributed by atoms with Crippen LogP contribution in [0.25, 0.3) is 16.9 Å². The van der Waals surface area contributed by atoms with E-state index in [1.165, 1.54) is 0 Å². The maximum absolute atomic E-state index is 5.99. The molecule has 0 saturated carbocycles. The summed E-state index contributed by atoms with van der Waals surface area (Å²) in [4.78, 5) is 6.33. The second-order valence-electron chi connectivity index (χ2n) is 5.00. The van der Waals surface area contributed by atoms with E-state index < -0.39 is 0 Å². The first-order valence-electron chi connectivity index (χ1n) is 6.79. The minimum Gasteiger partial charge on any atom is -0.450 e. The number of rotatable bonds is 4. The molecule has 0 unspecified atom stereocenters. The largest absolute Gasteiger partial charge is 0.450 e. The average Bonchev–Trinajstić information content (AvgIpc) is 2.90. The molecule has 22 heavy (non-hydrogen) atoms. The molecule has 0 aliphatic rings. The van der Waals surface area contributed by atoms with E-state index in [1.54, 1.807) is 18.2 Å². The van der Waals surface area contributed by atoms with E-state index in [0.29, 0.717) is 27.8 Å². The lowest BCUT2D eigenvalue weighted by Gasteiger charge is -2.10. The molecule has 0 atom stereocenters. The predicted octanol–water partition coefficient (Wildman–Crippen LogP) is 4.42. The van der Waals surface area contributed by atoms with Crippen LogP contribution < -0.4 is 4.74 Å². The molecule has 0 spiro atoms. The van der Waals surface area contributed by atoms with Gasteiger partial charge in [0.25, 0.3) is 5.89 Å². The molecule has 0 radical (unpaired) electrons. The standard InChI is InChI=1S/C17H15ClN2O2/c1-20(2)11-16(21-13-6-4-3-5-7-13)17-19-14-10-12(18)8-9-15(14)22-17/h3-11H,1-2H3/b16-11-. The third kappa shape index (κ3) is 3.23. The van der Waals surface area contributed by atoms with Gasteiger partial charge in [-0.3, -0.25) is 0 Å². The van der Waals surface area contributed by atoms with E-state index in [9.17, 15) is 0 Å². The zero-order chi connectivity index (χ0) is 15.5. The van der Waals surface area contributed by atoms with Crippen molar-refractivity contribution in [2.24, 2.45) is 0 Å². The number of aromatic nitrogens is 1. The molecule has 1 heterocycles. The van der Waals surface area contributed by atoms with E-state index in [2.05, 4.69) is 4.98 Å². The predicted molar refractivity (Wildman–Crippen MR) is 87.8 cm³/mol. The molecule has 0 amide bonds. The highest BCUT2D eigenvalue weighted by Crippen LogP contribution is 2.26. The number of hydrogen-bond donors (Lipinski definition) is 0. The molecular weight excluding hydrogens is 300 g/mol. The summed E-state index contributed by atoms with van der Waals surface area (Å²) in [5.41, 5.74) is 1.37. The number of nitrogens with zero attached hydrogens (tertiary/aromatic N) is 2. The average molecular weight is 315 g/mol. The maximum atomic E-state index is 5.99. The second kappa shape index (κ2) is 6.12. The summed E-state index contributed by atoms with van der Waals surface area (Å²) in [6.45, 7) is 0. The Morgan fingerprint density at radius 2 is 1.95 bits per heavy atom. The number of ether oxygens (including phenoxy) is 1. The fraction of sp³-hybridized carbons (Fsp3) is 0.118. The number of oxazole rings is 1. The Bertz CT molecular complexity index is 810. The van der Waals surface area contributed by atoms with Crippen molar-refractivity contribution in [3.63, 3.8) is 0 Å². The van der Waals surface area contributed by atoms with E-state index in [-0.39, 0.29) is 0 Å². The van der Waals surface area contributed by atoms with Gasteiger partial charge < -0.3 is 14.1 Å². The molecule has 3 aromatic rings. The van der Waals surface area contributed by atoms with Gasteiger partial charge in [-0.25, -0.2) is 4.98 Å². The molecule has 0 aliphatic carbocycles. The van der Waals surface area contributed by atoms with Gasteiger partial charge in [-0.05, 0) is 30.3 Å². The van der Waals surface area contributed by atoms with Gasteiger partial charge in [0.1, 0.15) is 11.3 Å². The van der Waals surface area contributed by atoms with Crippen LogP contribution in [-0.2, 0) is 0 Å². The van der Waals surface area contributed by atoms with E-state index in [0.717, 1.165) is 5.75 Å². The molecule has 0 fully saturated rings. The normalized spacial score (nSPS) is 11.7. The molecule has 2 aromatic carbocycles. The highest BCUT2D eigenvalue weighted by Gasteiger charge is 2.14. The summed E-state index contributed by atoms with van der Waals surface area (Å²) in [6.07, 6.45) is 1.82. The molecule has 3 rings (SSSR count). The summed E-state index contributed by atoms with van der Waals surface area (Å²) in [5, 5.41) is 0.620. The molecule has 0 bridgehead atoms. The van der Waals surface area contributed by atoms with Crippen LogP contribution in [0.4, 0.5) is 0 Å². The molecule has 1 aromatic heterocycles. The lowest BCUT2D eigenvalue weighted by Crippen LogP contribution is -2.06. The van der Waals surface area contributed by atoms with Crippen LogP contribution in [0.1, 0.15) is 5.89 Å². The van der Waals surface area contributed by atoms with Gasteiger partial charge in [0.2, 0.25) is 5.76 Å². The van der Waals surface area contributed by atoms with Gasteiger partial charge >= 0.3 is 0 Å². The van der Waals surface area contributed by atoms with Crippen LogP contribution >= 0.6 is 11.6 Å². The first kappa shape index (κ1) is 14.5.